The number of nitrogens with one attached hydrogen (secondary N) is 1. The summed E-state index contributed by atoms with van der Waals surface area (Å²) in [5.74, 6) is 0. The van der Waals surface area contributed by atoms with Crippen LogP contribution in [0.15, 0.2) is 36.4 Å². The summed E-state index contributed by atoms with van der Waals surface area (Å²) < 4.78 is 27.3. The fourth-order valence-corrected chi connectivity index (χ4v) is 3.37. The van der Waals surface area contributed by atoms with Crippen molar-refractivity contribution >= 4 is 16.3 Å². The van der Waals surface area contributed by atoms with Crippen LogP contribution < -0.4 is 4.72 Å². The summed E-state index contributed by atoms with van der Waals surface area (Å²) in [6.45, 7) is 1.94. The Bertz CT molecular complexity index is 617. The standard InChI is InChI=1S/C16H25N3O3S/c1-18(2)23(21,22)17-15-10-12-19(13-16(15)20)11-6-9-14-7-4-3-5-8-14/h3-9,15-17,20H,10-13H2,1-2H3/b9-6+/t15-,16-/m1/s1. The van der Waals surface area contributed by atoms with Gasteiger partial charge in [0.05, 0.1) is 12.1 Å². The van der Waals surface area contributed by atoms with Gasteiger partial charge in [0.15, 0.2) is 0 Å². The lowest BCUT2D eigenvalue weighted by molar-refractivity contribution is 0.0532. The van der Waals surface area contributed by atoms with E-state index >= 15 is 0 Å². The van der Waals surface area contributed by atoms with Crippen LogP contribution in [0.2, 0.25) is 0 Å². The van der Waals surface area contributed by atoms with E-state index in [-0.39, 0.29) is 0 Å². The summed E-state index contributed by atoms with van der Waals surface area (Å²) in [7, 11) is -0.569. The van der Waals surface area contributed by atoms with E-state index in [1.54, 1.807) is 0 Å². The number of benzene rings is 1. The second-order valence-corrected chi connectivity index (χ2v) is 7.86. The summed E-state index contributed by atoms with van der Waals surface area (Å²) in [6.07, 6.45) is 4.00. The predicted molar refractivity (Wildman–Crippen MR) is 92.1 cm³/mol. The van der Waals surface area contributed by atoms with Crippen molar-refractivity contribution in [3.63, 3.8) is 0 Å². The number of rotatable bonds is 6. The molecular formula is C16H25N3O3S. The molecule has 0 radical (unpaired) electrons. The average Bonchev–Trinajstić information content (AvgIpc) is 2.51. The molecule has 23 heavy (non-hydrogen) atoms. The molecule has 1 saturated heterocycles. The van der Waals surface area contributed by atoms with Crippen LogP contribution in [0, 0.1) is 0 Å². The van der Waals surface area contributed by atoms with Crippen LogP contribution in [0.25, 0.3) is 6.08 Å². The average molecular weight is 339 g/mol. The summed E-state index contributed by atoms with van der Waals surface area (Å²) in [5.41, 5.74) is 1.14. The fourth-order valence-electron chi connectivity index (χ4n) is 2.50. The molecule has 0 unspecified atom stereocenters. The molecule has 128 valence electrons. The van der Waals surface area contributed by atoms with Gasteiger partial charge in [-0.05, 0) is 12.0 Å². The van der Waals surface area contributed by atoms with Crippen molar-refractivity contribution in [3.8, 4) is 0 Å². The van der Waals surface area contributed by atoms with Gasteiger partial charge in [-0.25, -0.2) is 0 Å². The number of hydrogen-bond acceptors (Lipinski definition) is 4. The first kappa shape index (κ1) is 18.1. The number of β-amino-alcohol motifs (C(OH)–C–C–N with tert-alkyl or cyclic N) is 1. The molecule has 0 amide bonds. The minimum atomic E-state index is -3.51. The Morgan fingerprint density at radius 2 is 2.04 bits per heavy atom. The highest BCUT2D eigenvalue weighted by atomic mass is 32.2. The number of nitrogens with zero attached hydrogens (tertiary/aromatic N) is 2. The third-order valence-corrected chi connectivity index (χ3v) is 5.48. The van der Waals surface area contributed by atoms with E-state index in [0.717, 1.165) is 23.0 Å². The number of hydrogen-bond donors (Lipinski definition) is 2. The number of aliphatic hydroxyl groups excluding tert-OH is 1. The van der Waals surface area contributed by atoms with Crippen molar-refractivity contribution in [1.29, 1.82) is 0 Å². The van der Waals surface area contributed by atoms with Crippen molar-refractivity contribution < 1.29 is 13.5 Å². The molecule has 7 heteroatoms. The van der Waals surface area contributed by atoms with Crippen LogP contribution in [-0.4, -0.2) is 68.6 Å². The quantitative estimate of drug-likeness (QED) is 0.793. The van der Waals surface area contributed by atoms with Crippen LogP contribution in [0.5, 0.6) is 0 Å². The molecule has 1 aliphatic rings. The minimum Gasteiger partial charge on any atom is -0.390 e. The maximum atomic E-state index is 11.8. The Hall–Kier alpha value is -1.25. The molecule has 6 nitrogen and oxygen atoms in total. The SMILES string of the molecule is CN(C)S(=O)(=O)N[C@@H]1CCN(C/C=C/c2ccccc2)C[C@H]1O. The summed E-state index contributed by atoms with van der Waals surface area (Å²) in [6, 6.07) is 9.60. The van der Waals surface area contributed by atoms with Gasteiger partial charge in [-0.15, -0.1) is 0 Å². The molecule has 0 bridgehead atoms. The normalized spacial score (nSPS) is 23.7. The molecule has 0 aromatic heterocycles. The molecule has 0 aliphatic carbocycles. The zero-order valence-corrected chi connectivity index (χ0v) is 14.4. The lowest BCUT2D eigenvalue weighted by Crippen LogP contribution is -2.55. The zero-order chi connectivity index (χ0) is 16.9. The Morgan fingerprint density at radius 1 is 1.35 bits per heavy atom. The zero-order valence-electron chi connectivity index (χ0n) is 13.6. The first-order chi connectivity index (χ1) is 10.9. The molecule has 2 atom stereocenters. The molecule has 1 aromatic rings. The number of piperidine rings is 1. The van der Waals surface area contributed by atoms with Crippen molar-refractivity contribution in [2.45, 2.75) is 18.6 Å². The largest absolute Gasteiger partial charge is 0.390 e. The Balaban J connectivity index is 1.83. The van der Waals surface area contributed by atoms with Gasteiger partial charge in [0.1, 0.15) is 0 Å². The van der Waals surface area contributed by atoms with Crippen molar-refractivity contribution in [2.24, 2.45) is 0 Å². The molecule has 0 spiro atoms. The van der Waals surface area contributed by atoms with Gasteiger partial charge < -0.3 is 5.11 Å². The highest BCUT2D eigenvalue weighted by molar-refractivity contribution is 7.87. The Labute approximate surface area is 138 Å². The van der Waals surface area contributed by atoms with Gasteiger partial charge in [-0.2, -0.15) is 17.4 Å². The molecule has 1 aromatic carbocycles. The van der Waals surface area contributed by atoms with E-state index in [0.29, 0.717) is 13.0 Å². The smallest absolute Gasteiger partial charge is 0.279 e. The van der Waals surface area contributed by atoms with Gasteiger partial charge in [-0.3, -0.25) is 4.90 Å². The van der Waals surface area contributed by atoms with Gasteiger partial charge >= 0.3 is 0 Å². The minimum absolute atomic E-state index is 0.434. The molecular weight excluding hydrogens is 314 g/mol. The van der Waals surface area contributed by atoms with Crippen molar-refractivity contribution in [3.05, 3.63) is 42.0 Å². The lowest BCUT2D eigenvalue weighted by Gasteiger charge is -2.35. The van der Waals surface area contributed by atoms with Crippen molar-refractivity contribution in [2.75, 3.05) is 33.7 Å². The fraction of sp³-hybridized carbons (Fsp3) is 0.500. The maximum absolute atomic E-state index is 11.8. The van der Waals surface area contributed by atoms with E-state index in [1.807, 2.05) is 36.4 Å². The first-order valence-electron chi connectivity index (χ1n) is 7.70. The maximum Gasteiger partial charge on any atom is 0.279 e. The topological polar surface area (TPSA) is 72.9 Å². The first-order valence-corrected chi connectivity index (χ1v) is 9.14. The Kier molecular flexibility index (Phi) is 6.32. The molecule has 2 rings (SSSR count). The summed E-state index contributed by atoms with van der Waals surface area (Å²) >= 11 is 0. The van der Waals surface area contributed by atoms with Crippen LogP contribution in [0.4, 0.5) is 0 Å². The molecule has 0 saturated carbocycles. The number of likely N-dealkylation sites (tertiary alicyclic amines) is 1. The van der Waals surface area contributed by atoms with Crippen molar-refractivity contribution in [1.82, 2.24) is 13.9 Å². The number of aliphatic hydroxyl groups is 1. The summed E-state index contributed by atoms with van der Waals surface area (Å²) in [5, 5.41) is 10.2. The van der Waals surface area contributed by atoms with Gasteiger partial charge in [-0.1, -0.05) is 42.5 Å². The monoisotopic (exact) mass is 339 g/mol. The van der Waals surface area contributed by atoms with E-state index in [4.69, 9.17) is 0 Å². The molecule has 1 heterocycles. The van der Waals surface area contributed by atoms with Gasteiger partial charge in [0, 0.05) is 33.7 Å². The second kappa shape index (κ2) is 8.03. The van der Waals surface area contributed by atoms with E-state index in [9.17, 15) is 13.5 Å². The van der Waals surface area contributed by atoms with E-state index < -0.39 is 22.4 Å². The highest BCUT2D eigenvalue weighted by Crippen LogP contribution is 2.13. The highest BCUT2D eigenvalue weighted by Gasteiger charge is 2.30. The third kappa shape index (κ3) is 5.40. The van der Waals surface area contributed by atoms with Gasteiger partial charge in [0.2, 0.25) is 0 Å². The van der Waals surface area contributed by atoms with Crippen LogP contribution in [-0.2, 0) is 10.2 Å². The summed E-state index contributed by atoms with van der Waals surface area (Å²) in [4.78, 5) is 2.12. The second-order valence-electron chi connectivity index (χ2n) is 5.94. The Morgan fingerprint density at radius 3 is 2.65 bits per heavy atom. The van der Waals surface area contributed by atoms with Crippen LogP contribution >= 0.6 is 0 Å². The van der Waals surface area contributed by atoms with Gasteiger partial charge in [0.25, 0.3) is 10.2 Å². The third-order valence-electron chi connectivity index (χ3n) is 3.92. The van der Waals surface area contributed by atoms with Crippen LogP contribution in [0.1, 0.15) is 12.0 Å². The predicted octanol–water partition coefficient (Wildman–Crippen LogP) is 0.531. The molecule has 1 fully saturated rings. The lowest BCUT2D eigenvalue weighted by atomic mass is 10.0. The molecule has 1 aliphatic heterocycles. The molecule has 2 N–H and O–H groups in total. The van der Waals surface area contributed by atoms with Crippen LogP contribution in [0.3, 0.4) is 0 Å². The van der Waals surface area contributed by atoms with E-state index in [2.05, 4.69) is 15.7 Å². The van der Waals surface area contributed by atoms with E-state index in [1.165, 1.54) is 14.1 Å².